The van der Waals surface area contributed by atoms with Crippen molar-refractivity contribution in [3.63, 3.8) is 0 Å². The largest absolute Gasteiger partial charge is 0.497 e. The quantitative estimate of drug-likeness (QED) is 0.915. The van der Waals surface area contributed by atoms with Crippen LogP contribution in [0, 0.1) is 0 Å². The van der Waals surface area contributed by atoms with Gasteiger partial charge in [0.15, 0.2) is 12.0 Å². The molecule has 3 rings (SSSR count). The number of carbonyl (C=O) groups excluding carboxylic acids is 2. The van der Waals surface area contributed by atoms with E-state index in [-0.39, 0.29) is 12.4 Å². The van der Waals surface area contributed by atoms with Gasteiger partial charge in [-0.2, -0.15) is 0 Å². The molecule has 0 bridgehead atoms. The summed E-state index contributed by atoms with van der Waals surface area (Å²) in [6.07, 6.45) is 0.537. The lowest BCUT2D eigenvalue weighted by atomic mass is 9.97. The van der Waals surface area contributed by atoms with Crippen molar-refractivity contribution in [2.45, 2.75) is 18.9 Å². The first-order valence-electron chi connectivity index (χ1n) is 8.13. The summed E-state index contributed by atoms with van der Waals surface area (Å²) in [5, 5.41) is 10.2. The third kappa shape index (κ3) is 3.75. The molecule has 6 heteroatoms. The lowest BCUT2D eigenvalue weighted by Gasteiger charge is -2.34. The Bertz CT molecular complexity index is 801. The minimum Gasteiger partial charge on any atom is -0.497 e. The molecule has 0 saturated carbocycles. The van der Waals surface area contributed by atoms with Crippen LogP contribution in [-0.4, -0.2) is 35.2 Å². The third-order valence-corrected chi connectivity index (χ3v) is 4.11. The topological polar surface area (TPSA) is 76.1 Å². The number of carbonyl (C=O) groups is 2. The summed E-state index contributed by atoms with van der Waals surface area (Å²) < 4.78 is 10.4. The Hall–Kier alpha value is -3.12. The number of amides is 1. The van der Waals surface area contributed by atoms with Gasteiger partial charge < -0.3 is 14.6 Å². The van der Waals surface area contributed by atoms with Crippen LogP contribution in [0.4, 0.5) is 4.79 Å². The molecule has 0 spiro atoms. The van der Waals surface area contributed by atoms with Gasteiger partial charge in [-0.15, -0.1) is 0 Å². The van der Waals surface area contributed by atoms with Gasteiger partial charge >= 0.3 is 6.09 Å². The first-order chi connectivity index (χ1) is 12.6. The molecular formula is C20H19NO5. The molecule has 1 amide bonds. The number of methoxy groups -OCH3 is 1. The molecule has 1 aliphatic heterocycles. The fourth-order valence-corrected chi connectivity index (χ4v) is 2.77. The summed E-state index contributed by atoms with van der Waals surface area (Å²) in [5.74, 6) is 0.323. The van der Waals surface area contributed by atoms with Gasteiger partial charge in [0.25, 0.3) is 0 Å². The van der Waals surface area contributed by atoms with Crippen LogP contribution in [0.5, 0.6) is 5.75 Å². The van der Waals surface area contributed by atoms with Gasteiger partial charge in [-0.25, -0.2) is 4.79 Å². The highest BCUT2D eigenvalue weighted by molar-refractivity contribution is 5.98. The Morgan fingerprint density at radius 2 is 1.81 bits per heavy atom. The lowest BCUT2D eigenvalue weighted by molar-refractivity contribution is -0.124. The van der Waals surface area contributed by atoms with Crippen molar-refractivity contribution in [2.24, 2.45) is 0 Å². The van der Waals surface area contributed by atoms with Gasteiger partial charge in [-0.1, -0.05) is 42.5 Å². The fourth-order valence-electron chi connectivity index (χ4n) is 2.77. The monoisotopic (exact) mass is 353 g/mol. The van der Waals surface area contributed by atoms with Gasteiger partial charge in [0.2, 0.25) is 0 Å². The molecule has 1 aliphatic rings. The summed E-state index contributed by atoms with van der Waals surface area (Å²) in [6, 6.07) is 15.0. The number of nitrogens with zero attached hydrogens (tertiary/aromatic N) is 1. The Morgan fingerprint density at radius 1 is 1.12 bits per heavy atom. The zero-order chi connectivity index (χ0) is 18.5. The van der Waals surface area contributed by atoms with Gasteiger partial charge in [0.1, 0.15) is 18.4 Å². The summed E-state index contributed by atoms with van der Waals surface area (Å²) in [4.78, 5) is 26.0. The maximum Gasteiger partial charge on any atom is 0.413 e. The van der Waals surface area contributed by atoms with Crippen molar-refractivity contribution in [3.8, 4) is 5.75 Å². The standard InChI is InChI=1S/C20H19NO5/c1-25-16-9-7-15(8-10-16)19-17(22)11-12-18(23)21(19)20(24)26-13-14-5-3-2-4-6-14/h2-12,18-19,23H,13H2,1H3. The molecular weight excluding hydrogens is 334 g/mol. The van der Waals surface area contributed by atoms with E-state index in [1.165, 1.54) is 12.2 Å². The number of rotatable bonds is 4. The number of hydrogen-bond donors (Lipinski definition) is 1. The van der Waals surface area contributed by atoms with E-state index in [1.54, 1.807) is 31.4 Å². The van der Waals surface area contributed by atoms with Crippen LogP contribution in [0.1, 0.15) is 17.2 Å². The van der Waals surface area contributed by atoms with Crippen LogP contribution in [-0.2, 0) is 16.1 Å². The smallest absolute Gasteiger partial charge is 0.413 e. The minimum atomic E-state index is -1.25. The molecule has 0 aromatic heterocycles. The van der Waals surface area contributed by atoms with Crippen LogP contribution in [0.15, 0.2) is 66.7 Å². The summed E-state index contributed by atoms with van der Waals surface area (Å²) in [7, 11) is 1.54. The minimum absolute atomic E-state index is 0.0517. The lowest BCUT2D eigenvalue weighted by Crippen LogP contribution is -2.47. The van der Waals surface area contributed by atoms with E-state index < -0.39 is 18.4 Å². The Kier molecular flexibility index (Phi) is 5.34. The third-order valence-electron chi connectivity index (χ3n) is 4.11. The maximum atomic E-state index is 12.6. The SMILES string of the molecule is COc1ccc(C2C(=O)C=CC(O)N2C(=O)OCc2ccccc2)cc1. The Labute approximate surface area is 151 Å². The van der Waals surface area contributed by atoms with Gasteiger partial charge in [-0.05, 0) is 35.4 Å². The number of aliphatic hydroxyl groups excluding tert-OH is 1. The molecule has 2 aromatic carbocycles. The molecule has 0 radical (unpaired) electrons. The summed E-state index contributed by atoms with van der Waals surface area (Å²) in [6.45, 7) is 0.0517. The summed E-state index contributed by atoms with van der Waals surface area (Å²) >= 11 is 0. The zero-order valence-corrected chi connectivity index (χ0v) is 14.2. The average molecular weight is 353 g/mol. The Balaban J connectivity index is 1.82. The number of benzene rings is 2. The summed E-state index contributed by atoms with van der Waals surface area (Å²) in [5.41, 5.74) is 1.38. The number of hydrogen-bond acceptors (Lipinski definition) is 5. The van der Waals surface area contributed by atoms with Crippen molar-refractivity contribution in [2.75, 3.05) is 7.11 Å². The van der Waals surface area contributed by atoms with Gasteiger partial charge in [-0.3, -0.25) is 9.69 Å². The first kappa shape index (κ1) is 17.7. The van der Waals surface area contributed by atoms with Crippen molar-refractivity contribution in [1.29, 1.82) is 0 Å². The highest BCUT2D eigenvalue weighted by atomic mass is 16.6. The second kappa shape index (κ2) is 7.84. The number of ether oxygens (including phenoxy) is 2. The predicted molar refractivity (Wildman–Crippen MR) is 94.4 cm³/mol. The Morgan fingerprint density at radius 3 is 2.46 bits per heavy atom. The van der Waals surface area contributed by atoms with Crippen molar-refractivity contribution < 1.29 is 24.2 Å². The van der Waals surface area contributed by atoms with Crippen LogP contribution >= 0.6 is 0 Å². The molecule has 26 heavy (non-hydrogen) atoms. The van der Waals surface area contributed by atoms with Crippen molar-refractivity contribution in [1.82, 2.24) is 4.90 Å². The molecule has 1 N–H and O–H groups in total. The number of ketones is 1. The maximum absolute atomic E-state index is 12.6. The molecule has 6 nitrogen and oxygen atoms in total. The van der Waals surface area contributed by atoms with E-state index in [1.807, 2.05) is 30.3 Å². The van der Waals surface area contributed by atoms with E-state index in [9.17, 15) is 14.7 Å². The second-order valence-electron chi connectivity index (χ2n) is 5.80. The van der Waals surface area contributed by atoms with E-state index in [0.29, 0.717) is 11.3 Å². The van der Waals surface area contributed by atoms with Gasteiger partial charge in [0, 0.05) is 0 Å². The van der Waals surface area contributed by atoms with E-state index in [4.69, 9.17) is 9.47 Å². The van der Waals surface area contributed by atoms with Crippen LogP contribution in [0.3, 0.4) is 0 Å². The highest BCUT2D eigenvalue weighted by Crippen LogP contribution is 2.30. The predicted octanol–water partition coefficient (Wildman–Crippen LogP) is 2.83. The molecule has 1 heterocycles. The molecule has 0 fully saturated rings. The molecule has 2 atom stereocenters. The van der Waals surface area contributed by atoms with E-state index in [0.717, 1.165) is 10.5 Å². The number of aliphatic hydroxyl groups is 1. The normalized spacial score (nSPS) is 19.3. The van der Waals surface area contributed by atoms with E-state index in [2.05, 4.69) is 0 Å². The molecule has 2 aromatic rings. The molecule has 0 aliphatic carbocycles. The molecule has 2 unspecified atom stereocenters. The van der Waals surface area contributed by atoms with Crippen LogP contribution < -0.4 is 4.74 Å². The fraction of sp³-hybridized carbons (Fsp3) is 0.200. The van der Waals surface area contributed by atoms with Crippen LogP contribution in [0.2, 0.25) is 0 Å². The van der Waals surface area contributed by atoms with Crippen molar-refractivity contribution >= 4 is 11.9 Å². The van der Waals surface area contributed by atoms with Crippen LogP contribution in [0.25, 0.3) is 0 Å². The molecule has 134 valence electrons. The first-order valence-corrected chi connectivity index (χ1v) is 8.13. The average Bonchev–Trinajstić information content (AvgIpc) is 2.68. The molecule has 0 saturated heterocycles. The van der Waals surface area contributed by atoms with Gasteiger partial charge in [0.05, 0.1) is 7.11 Å². The van der Waals surface area contributed by atoms with E-state index >= 15 is 0 Å². The highest BCUT2D eigenvalue weighted by Gasteiger charge is 2.37. The van der Waals surface area contributed by atoms with Crippen molar-refractivity contribution in [3.05, 3.63) is 77.9 Å². The second-order valence-corrected chi connectivity index (χ2v) is 5.80. The zero-order valence-electron chi connectivity index (χ0n) is 14.2.